The van der Waals surface area contributed by atoms with Crippen LogP contribution in [0.4, 0.5) is 0 Å². The Morgan fingerprint density at radius 3 is 2.88 bits per heavy atom. The standard InChI is InChI=1S/C12H24N2O2/c1-10(8-13)4-5-11(15)14-7-3-6-12(2,16)9-14/h10,16H,3-9,13H2,1-2H3. The maximum Gasteiger partial charge on any atom is 0.222 e. The Kier molecular flexibility index (Phi) is 4.74. The third-order valence-electron chi connectivity index (χ3n) is 3.28. The van der Waals surface area contributed by atoms with Crippen molar-refractivity contribution in [1.29, 1.82) is 0 Å². The third kappa shape index (κ3) is 4.10. The second-order valence-corrected chi connectivity index (χ2v) is 5.30. The van der Waals surface area contributed by atoms with Crippen LogP contribution < -0.4 is 5.73 Å². The molecule has 4 heteroatoms. The van der Waals surface area contributed by atoms with Gasteiger partial charge in [0, 0.05) is 19.5 Å². The third-order valence-corrected chi connectivity index (χ3v) is 3.28. The van der Waals surface area contributed by atoms with Gasteiger partial charge in [-0.25, -0.2) is 0 Å². The molecule has 0 spiro atoms. The van der Waals surface area contributed by atoms with Gasteiger partial charge in [-0.2, -0.15) is 0 Å². The van der Waals surface area contributed by atoms with E-state index in [1.165, 1.54) is 0 Å². The van der Waals surface area contributed by atoms with Crippen LogP contribution in [0.2, 0.25) is 0 Å². The molecule has 0 radical (unpaired) electrons. The second-order valence-electron chi connectivity index (χ2n) is 5.30. The minimum Gasteiger partial charge on any atom is -0.388 e. The number of aliphatic hydroxyl groups is 1. The van der Waals surface area contributed by atoms with Crippen LogP contribution in [0.3, 0.4) is 0 Å². The number of amides is 1. The molecular formula is C12H24N2O2. The van der Waals surface area contributed by atoms with E-state index >= 15 is 0 Å². The van der Waals surface area contributed by atoms with Gasteiger partial charge in [0.2, 0.25) is 5.91 Å². The first kappa shape index (κ1) is 13.5. The number of likely N-dealkylation sites (tertiary alicyclic amines) is 1. The van der Waals surface area contributed by atoms with E-state index in [9.17, 15) is 9.90 Å². The zero-order valence-corrected chi connectivity index (χ0v) is 10.4. The number of hydrogen-bond acceptors (Lipinski definition) is 3. The fourth-order valence-electron chi connectivity index (χ4n) is 2.08. The van der Waals surface area contributed by atoms with Crippen LogP contribution in [0.5, 0.6) is 0 Å². The van der Waals surface area contributed by atoms with E-state index in [0.29, 0.717) is 25.4 Å². The Hall–Kier alpha value is -0.610. The van der Waals surface area contributed by atoms with E-state index in [2.05, 4.69) is 6.92 Å². The summed E-state index contributed by atoms with van der Waals surface area (Å²) in [7, 11) is 0. The van der Waals surface area contributed by atoms with Crippen molar-refractivity contribution in [1.82, 2.24) is 4.90 Å². The van der Waals surface area contributed by atoms with E-state index in [4.69, 9.17) is 5.73 Å². The molecule has 1 amide bonds. The Labute approximate surface area is 97.8 Å². The molecule has 0 bridgehead atoms. The Balaban J connectivity index is 2.36. The number of carbonyl (C=O) groups is 1. The van der Waals surface area contributed by atoms with Crippen molar-refractivity contribution in [2.24, 2.45) is 11.7 Å². The van der Waals surface area contributed by atoms with E-state index in [1.807, 2.05) is 0 Å². The monoisotopic (exact) mass is 228 g/mol. The number of piperidine rings is 1. The van der Waals surface area contributed by atoms with Crippen molar-refractivity contribution in [2.75, 3.05) is 19.6 Å². The van der Waals surface area contributed by atoms with Crippen LogP contribution in [-0.2, 0) is 4.79 Å². The van der Waals surface area contributed by atoms with Gasteiger partial charge in [0.05, 0.1) is 5.60 Å². The molecule has 1 saturated heterocycles. The number of rotatable bonds is 4. The van der Waals surface area contributed by atoms with Crippen LogP contribution in [0.25, 0.3) is 0 Å². The van der Waals surface area contributed by atoms with Gasteiger partial charge < -0.3 is 15.7 Å². The van der Waals surface area contributed by atoms with Crippen molar-refractivity contribution >= 4 is 5.91 Å². The first-order chi connectivity index (χ1) is 7.44. The van der Waals surface area contributed by atoms with E-state index < -0.39 is 5.60 Å². The average molecular weight is 228 g/mol. The molecule has 0 aliphatic carbocycles. The summed E-state index contributed by atoms with van der Waals surface area (Å²) >= 11 is 0. The molecular weight excluding hydrogens is 204 g/mol. The molecule has 2 atom stereocenters. The van der Waals surface area contributed by atoms with Gasteiger partial charge in [-0.3, -0.25) is 4.79 Å². The zero-order valence-electron chi connectivity index (χ0n) is 10.4. The zero-order chi connectivity index (χ0) is 12.2. The number of nitrogens with zero attached hydrogens (tertiary/aromatic N) is 1. The molecule has 0 aromatic heterocycles. The van der Waals surface area contributed by atoms with Gasteiger partial charge in [-0.15, -0.1) is 0 Å². The summed E-state index contributed by atoms with van der Waals surface area (Å²) in [6, 6.07) is 0. The highest BCUT2D eigenvalue weighted by Crippen LogP contribution is 2.21. The van der Waals surface area contributed by atoms with Crippen LogP contribution in [0.1, 0.15) is 39.5 Å². The molecule has 0 aromatic carbocycles. The van der Waals surface area contributed by atoms with Crippen molar-refractivity contribution < 1.29 is 9.90 Å². The highest BCUT2D eigenvalue weighted by atomic mass is 16.3. The first-order valence-electron chi connectivity index (χ1n) is 6.15. The van der Waals surface area contributed by atoms with Crippen LogP contribution in [-0.4, -0.2) is 41.1 Å². The average Bonchev–Trinajstić information content (AvgIpc) is 2.23. The summed E-state index contributed by atoms with van der Waals surface area (Å²) < 4.78 is 0. The van der Waals surface area contributed by atoms with Crippen molar-refractivity contribution in [2.45, 2.75) is 45.1 Å². The normalized spacial score (nSPS) is 27.9. The van der Waals surface area contributed by atoms with Crippen LogP contribution >= 0.6 is 0 Å². The molecule has 94 valence electrons. The molecule has 1 heterocycles. The number of carbonyl (C=O) groups excluding carboxylic acids is 1. The molecule has 3 N–H and O–H groups in total. The molecule has 4 nitrogen and oxygen atoms in total. The van der Waals surface area contributed by atoms with E-state index in [0.717, 1.165) is 25.8 Å². The molecule has 0 aromatic rings. The first-order valence-corrected chi connectivity index (χ1v) is 6.15. The second kappa shape index (κ2) is 5.64. The van der Waals surface area contributed by atoms with E-state index in [-0.39, 0.29) is 5.91 Å². The predicted molar refractivity (Wildman–Crippen MR) is 63.9 cm³/mol. The van der Waals surface area contributed by atoms with Gasteiger partial charge in [0.25, 0.3) is 0 Å². The lowest BCUT2D eigenvalue weighted by atomic mass is 9.94. The number of hydrogen-bond donors (Lipinski definition) is 2. The molecule has 16 heavy (non-hydrogen) atoms. The van der Waals surface area contributed by atoms with Crippen molar-refractivity contribution in [3.8, 4) is 0 Å². The summed E-state index contributed by atoms with van der Waals surface area (Å²) in [5.41, 5.74) is 4.81. The highest BCUT2D eigenvalue weighted by Gasteiger charge is 2.30. The van der Waals surface area contributed by atoms with Gasteiger partial charge in [0.15, 0.2) is 0 Å². The molecule has 1 aliphatic heterocycles. The van der Waals surface area contributed by atoms with Gasteiger partial charge in [-0.1, -0.05) is 6.92 Å². The van der Waals surface area contributed by atoms with Gasteiger partial charge in [0.1, 0.15) is 0 Å². The van der Waals surface area contributed by atoms with Crippen molar-refractivity contribution in [3.05, 3.63) is 0 Å². The minimum absolute atomic E-state index is 0.153. The lowest BCUT2D eigenvalue weighted by Crippen LogP contribution is -2.48. The predicted octanol–water partition coefficient (Wildman–Crippen LogP) is 0.735. The number of nitrogens with two attached hydrogens (primary N) is 1. The fourth-order valence-corrected chi connectivity index (χ4v) is 2.08. The molecule has 1 rings (SSSR count). The van der Waals surface area contributed by atoms with Gasteiger partial charge in [-0.05, 0) is 38.6 Å². The summed E-state index contributed by atoms with van der Waals surface area (Å²) in [6.07, 6.45) is 3.07. The Morgan fingerprint density at radius 1 is 1.62 bits per heavy atom. The van der Waals surface area contributed by atoms with Crippen molar-refractivity contribution in [3.63, 3.8) is 0 Å². The summed E-state index contributed by atoms with van der Waals surface area (Å²) in [5.74, 6) is 0.550. The molecule has 1 aliphatic rings. The fraction of sp³-hybridized carbons (Fsp3) is 0.917. The Bertz CT molecular complexity index is 241. The highest BCUT2D eigenvalue weighted by molar-refractivity contribution is 5.76. The molecule has 2 unspecified atom stereocenters. The molecule has 0 saturated carbocycles. The van der Waals surface area contributed by atoms with Gasteiger partial charge >= 0.3 is 0 Å². The maximum absolute atomic E-state index is 11.9. The number of β-amino-alcohol motifs (C(OH)–C–C–N with tert-alkyl or cyclic N) is 1. The Morgan fingerprint density at radius 2 is 2.31 bits per heavy atom. The minimum atomic E-state index is -0.701. The lowest BCUT2D eigenvalue weighted by Gasteiger charge is -2.37. The van der Waals surface area contributed by atoms with E-state index in [1.54, 1.807) is 11.8 Å². The summed E-state index contributed by atoms with van der Waals surface area (Å²) in [4.78, 5) is 13.7. The summed E-state index contributed by atoms with van der Waals surface area (Å²) in [6.45, 7) is 5.74. The largest absolute Gasteiger partial charge is 0.388 e. The molecule has 1 fully saturated rings. The lowest BCUT2D eigenvalue weighted by molar-refractivity contribution is -0.137. The smallest absolute Gasteiger partial charge is 0.222 e. The quantitative estimate of drug-likeness (QED) is 0.745. The van der Waals surface area contributed by atoms with Crippen LogP contribution in [0.15, 0.2) is 0 Å². The van der Waals surface area contributed by atoms with Crippen LogP contribution in [0, 0.1) is 5.92 Å². The summed E-state index contributed by atoms with van der Waals surface area (Å²) in [5, 5.41) is 9.90. The maximum atomic E-state index is 11.9. The topological polar surface area (TPSA) is 66.6 Å². The SMILES string of the molecule is CC(CN)CCC(=O)N1CCCC(C)(O)C1.